The lowest BCUT2D eigenvalue weighted by Crippen LogP contribution is -2.32. The zero-order chi connectivity index (χ0) is 23.1. The number of carbonyl (C=O) groups is 2. The van der Waals surface area contributed by atoms with Crippen molar-refractivity contribution in [3.8, 4) is 11.5 Å². The van der Waals surface area contributed by atoms with Gasteiger partial charge in [-0.25, -0.2) is 9.78 Å². The van der Waals surface area contributed by atoms with Gasteiger partial charge in [0, 0.05) is 23.1 Å². The number of thiazole rings is 1. The molecule has 0 fully saturated rings. The lowest BCUT2D eigenvalue weighted by molar-refractivity contribution is 0.0690. The van der Waals surface area contributed by atoms with Crippen molar-refractivity contribution in [1.29, 1.82) is 0 Å². The Morgan fingerprint density at radius 2 is 1.72 bits per heavy atom. The molecule has 0 aliphatic rings. The Labute approximate surface area is 191 Å². The van der Waals surface area contributed by atoms with E-state index in [9.17, 15) is 14.7 Å². The van der Waals surface area contributed by atoms with Crippen molar-refractivity contribution in [3.05, 3.63) is 75.2 Å². The molecule has 1 aromatic heterocycles. The van der Waals surface area contributed by atoms with Gasteiger partial charge in [0.2, 0.25) is 0 Å². The average molecular weight is 455 g/mol. The van der Waals surface area contributed by atoms with Crippen molar-refractivity contribution < 1.29 is 24.2 Å². The minimum Gasteiger partial charge on any atom is -0.497 e. The molecule has 0 unspecified atom stereocenters. The molecule has 0 aliphatic heterocycles. The molecule has 0 atom stereocenters. The summed E-state index contributed by atoms with van der Waals surface area (Å²) in [5.74, 6) is -0.213. The van der Waals surface area contributed by atoms with Crippen LogP contribution >= 0.6 is 11.3 Å². The van der Waals surface area contributed by atoms with E-state index < -0.39 is 5.97 Å². The lowest BCUT2D eigenvalue weighted by Gasteiger charge is -2.22. The van der Waals surface area contributed by atoms with Gasteiger partial charge in [0.05, 0.1) is 20.8 Å². The van der Waals surface area contributed by atoms with Crippen molar-refractivity contribution >= 4 is 23.2 Å². The van der Waals surface area contributed by atoms with Gasteiger partial charge in [0.1, 0.15) is 16.5 Å². The maximum absolute atomic E-state index is 13.4. The molecule has 1 N–H and O–H groups in total. The van der Waals surface area contributed by atoms with Crippen LogP contribution in [-0.4, -0.2) is 47.6 Å². The van der Waals surface area contributed by atoms with E-state index in [1.165, 1.54) is 31.1 Å². The first-order valence-corrected chi connectivity index (χ1v) is 11.0. The Morgan fingerprint density at radius 3 is 2.28 bits per heavy atom. The largest absolute Gasteiger partial charge is 0.497 e. The number of methoxy groups -OCH3 is 2. The third-order valence-electron chi connectivity index (χ3n) is 4.99. The highest BCUT2D eigenvalue weighted by molar-refractivity contribution is 7.11. The maximum atomic E-state index is 13.4. The fourth-order valence-corrected chi connectivity index (χ4v) is 4.31. The standard InChI is InChI=1S/C24H26N2O5S/c1-16-22(24(28)29)25-21(32-16)15-26(11-7-10-17-8-5-4-6-9-17)23(27)18-12-19(30-2)14-20(13-18)31-3/h4-6,8-9,12-14H,7,10-11,15H2,1-3H3,(H,28,29). The van der Waals surface area contributed by atoms with Crippen molar-refractivity contribution in [2.75, 3.05) is 20.8 Å². The predicted octanol–water partition coefficient (Wildman–Crippen LogP) is 4.44. The second kappa shape index (κ2) is 10.8. The Hall–Kier alpha value is -3.39. The number of carboxylic acid groups (broad SMARTS) is 1. The first-order chi connectivity index (χ1) is 15.4. The van der Waals surface area contributed by atoms with Crippen LogP contribution in [0.4, 0.5) is 0 Å². The Kier molecular flexibility index (Phi) is 7.83. The number of ether oxygens (including phenoxy) is 2. The zero-order valence-corrected chi connectivity index (χ0v) is 19.1. The van der Waals surface area contributed by atoms with Gasteiger partial charge in [-0.1, -0.05) is 30.3 Å². The van der Waals surface area contributed by atoms with Crippen molar-refractivity contribution in [3.63, 3.8) is 0 Å². The number of hydrogen-bond donors (Lipinski definition) is 1. The normalized spacial score (nSPS) is 10.6. The van der Waals surface area contributed by atoms with E-state index in [4.69, 9.17) is 9.47 Å². The number of benzene rings is 2. The van der Waals surface area contributed by atoms with Gasteiger partial charge in [0.15, 0.2) is 5.69 Å². The van der Waals surface area contributed by atoms with Crippen LogP contribution in [0.15, 0.2) is 48.5 Å². The molecule has 7 nitrogen and oxygen atoms in total. The van der Waals surface area contributed by atoms with Crippen LogP contribution in [0.5, 0.6) is 11.5 Å². The molecule has 3 aromatic rings. The molecule has 1 amide bonds. The van der Waals surface area contributed by atoms with Crippen LogP contribution in [0.3, 0.4) is 0 Å². The molecular formula is C24H26N2O5S. The summed E-state index contributed by atoms with van der Waals surface area (Å²) in [6.07, 6.45) is 1.58. The molecule has 3 rings (SSSR count). The summed E-state index contributed by atoms with van der Waals surface area (Å²) < 4.78 is 10.6. The SMILES string of the molecule is COc1cc(OC)cc(C(=O)N(CCCc2ccccc2)Cc2nc(C(=O)O)c(C)s2)c1. The number of rotatable bonds is 10. The fraction of sp³-hybridized carbons (Fsp3) is 0.292. The van der Waals surface area contributed by atoms with E-state index in [0.717, 1.165) is 12.8 Å². The van der Waals surface area contributed by atoms with Gasteiger partial charge in [-0.05, 0) is 37.5 Å². The van der Waals surface area contributed by atoms with Crippen LogP contribution in [0.2, 0.25) is 0 Å². The van der Waals surface area contributed by atoms with Gasteiger partial charge < -0.3 is 19.5 Å². The second-order valence-electron chi connectivity index (χ2n) is 7.23. The summed E-state index contributed by atoms with van der Waals surface area (Å²) in [7, 11) is 3.07. The number of hydrogen-bond acceptors (Lipinski definition) is 6. The molecule has 0 saturated carbocycles. The van der Waals surface area contributed by atoms with Crippen LogP contribution in [-0.2, 0) is 13.0 Å². The van der Waals surface area contributed by atoms with Gasteiger partial charge in [-0.2, -0.15) is 0 Å². The number of aromatic nitrogens is 1. The number of aryl methyl sites for hydroxylation is 2. The summed E-state index contributed by atoms with van der Waals surface area (Å²) in [4.78, 5) is 31.4. The fourth-order valence-electron chi connectivity index (χ4n) is 3.37. The van der Waals surface area contributed by atoms with Crippen molar-refractivity contribution in [2.24, 2.45) is 0 Å². The molecule has 8 heteroatoms. The third-order valence-corrected chi connectivity index (χ3v) is 5.95. The van der Waals surface area contributed by atoms with Crippen LogP contribution in [0.25, 0.3) is 0 Å². The Bertz CT molecular complexity index is 1060. The maximum Gasteiger partial charge on any atom is 0.355 e. The Morgan fingerprint density at radius 1 is 1.06 bits per heavy atom. The highest BCUT2D eigenvalue weighted by atomic mass is 32.1. The van der Waals surface area contributed by atoms with E-state index in [-0.39, 0.29) is 18.1 Å². The molecular weight excluding hydrogens is 428 g/mol. The molecule has 1 heterocycles. The van der Waals surface area contributed by atoms with E-state index >= 15 is 0 Å². The summed E-state index contributed by atoms with van der Waals surface area (Å²) >= 11 is 1.29. The smallest absolute Gasteiger partial charge is 0.355 e. The second-order valence-corrected chi connectivity index (χ2v) is 8.52. The quantitative estimate of drug-likeness (QED) is 0.487. The highest BCUT2D eigenvalue weighted by Gasteiger charge is 2.21. The van der Waals surface area contributed by atoms with E-state index in [1.807, 2.05) is 18.2 Å². The van der Waals surface area contributed by atoms with E-state index in [1.54, 1.807) is 30.0 Å². The minimum atomic E-state index is -1.07. The van der Waals surface area contributed by atoms with Gasteiger partial charge in [-0.15, -0.1) is 11.3 Å². The number of carboxylic acids is 1. The summed E-state index contributed by atoms with van der Waals surface area (Å²) in [5, 5.41) is 9.90. The molecule has 168 valence electrons. The summed E-state index contributed by atoms with van der Waals surface area (Å²) in [6, 6.07) is 15.1. The summed E-state index contributed by atoms with van der Waals surface area (Å²) in [6.45, 7) is 2.44. The molecule has 0 spiro atoms. The first-order valence-electron chi connectivity index (χ1n) is 10.2. The third kappa shape index (κ3) is 5.85. The van der Waals surface area contributed by atoms with Gasteiger partial charge in [0.25, 0.3) is 5.91 Å². The van der Waals surface area contributed by atoms with E-state index in [2.05, 4.69) is 17.1 Å². The van der Waals surface area contributed by atoms with E-state index in [0.29, 0.717) is 33.5 Å². The van der Waals surface area contributed by atoms with Crippen LogP contribution in [0, 0.1) is 6.92 Å². The molecule has 0 bridgehead atoms. The van der Waals surface area contributed by atoms with Crippen molar-refractivity contribution in [1.82, 2.24) is 9.88 Å². The Balaban J connectivity index is 1.84. The average Bonchev–Trinajstić information content (AvgIpc) is 3.18. The molecule has 0 aliphatic carbocycles. The first kappa shape index (κ1) is 23.3. The number of amides is 1. The zero-order valence-electron chi connectivity index (χ0n) is 18.3. The van der Waals surface area contributed by atoms with Gasteiger partial charge >= 0.3 is 5.97 Å². The highest BCUT2D eigenvalue weighted by Crippen LogP contribution is 2.25. The predicted molar refractivity (Wildman–Crippen MR) is 123 cm³/mol. The summed E-state index contributed by atoms with van der Waals surface area (Å²) in [5.41, 5.74) is 1.67. The minimum absolute atomic E-state index is 0.0322. The topological polar surface area (TPSA) is 89.0 Å². The monoisotopic (exact) mass is 454 g/mol. The number of aromatic carboxylic acids is 1. The number of carbonyl (C=O) groups excluding carboxylic acids is 1. The lowest BCUT2D eigenvalue weighted by atomic mass is 10.1. The number of nitrogens with zero attached hydrogens (tertiary/aromatic N) is 2. The molecule has 0 radical (unpaired) electrons. The molecule has 0 saturated heterocycles. The molecule has 2 aromatic carbocycles. The van der Waals surface area contributed by atoms with Crippen molar-refractivity contribution in [2.45, 2.75) is 26.3 Å². The molecule has 32 heavy (non-hydrogen) atoms. The van der Waals surface area contributed by atoms with Crippen LogP contribution < -0.4 is 9.47 Å². The van der Waals surface area contributed by atoms with Gasteiger partial charge in [-0.3, -0.25) is 4.79 Å². The van der Waals surface area contributed by atoms with Crippen LogP contribution in [0.1, 0.15) is 42.7 Å².